The molecule has 0 aliphatic heterocycles. The first-order chi connectivity index (χ1) is 8.66. The molecule has 3 nitrogen and oxygen atoms in total. The Morgan fingerprint density at radius 2 is 2.11 bits per heavy atom. The molecule has 4 heteroatoms. The van der Waals surface area contributed by atoms with Gasteiger partial charge >= 0.3 is 5.97 Å². The van der Waals surface area contributed by atoms with Gasteiger partial charge in [-0.1, -0.05) is 41.6 Å². The summed E-state index contributed by atoms with van der Waals surface area (Å²) in [7, 11) is 0. The zero-order valence-electron chi connectivity index (χ0n) is 10.2. The van der Waals surface area contributed by atoms with E-state index >= 15 is 0 Å². The summed E-state index contributed by atoms with van der Waals surface area (Å²) in [6, 6.07) is 5.09. The van der Waals surface area contributed by atoms with Crippen molar-refractivity contribution in [3.05, 3.63) is 28.2 Å². The Bertz CT molecular complexity index is 425. The van der Waals surface area contributed by atoms with E-state index in [9.17, 15) is 4.79 Å². The van der Waals surface area contributed by atoms with Crippen molar-refractivity contribution in [1.29, 1.82) is 0 Å². The van der Waals surface area contributed by atoms with Crippen LogP contribution in [0.15, 0.2) is 22.7 Å². The SMILES string of the molecule is O=C(O)c1cc(Br)ccc1OCCC1CCCC1. The van der Waals surface area contributed by atoms with Crippen LogP contribution in [0.4, 0.5) is 0 Å². The first-order valence-electron chi connectivity index (χ1n) is 6.32. The molecule has 0 aromatic heterocycles. The van der Waals surface area contributed by atoms with Crippen LogP contribution < -0.4 is 4.74 Å². The molecule has 0 heterocycles. The first-order valence-corrected chi connectivity index (χ1v) is 7.12. The fourth-order valence-corrected chi connectivity index (χ4v) is 2.79. The van der Waals surface area contributed by atoms with E-state index in [0.717, 1.165) is 16.8 Å². The Labute approximate surface area is 115 Å². The zero-order chi connectivity index (χ0) is 13.0. The molecule has 1 aliphatic carbocycles. The standard InChI is InChI=1S/C14H17BrO3/c15-11-5-6-13(12(9-11)14(16)17)18-8-7-10-3-1-2-4-10/h5-6,9-10H,1-4,7-8H2,(H,16,17). The maximum absolute atomic E-state index is 11.1. The highest BCUT2D eigenvalue weighted by molar-refractivity contribution is 9.10. The summed E-state index contributed by atoms with van der Waals surface area (Å²) in [4.78, 5) is 11.1. The molecule has 18 heavy (non-hydrogen) atoms. The van der Waals surface area contributed by atoms with Crippen molar-refractivity contribution in [3.8, 4) is 5.75 Å². The van der Waals surface area contributed by atoms with Gasteiger partial charge in [-0.2, -0.15) is 0 Å². The molecule has 1 aromatic carbocycles. The number of hydrogen-bond donors (Lipinski definition) is 1. The molecule has 1 fully saturated rings. The normalized spacial score (nSPS) is 15.8. The van der Waals surface area contributed by atoms with Gasteiger partial charge in [0.25, 0.3) is 0 Å². The smallest absolute Gasteiger partial charge is 0.339 e. The monoisotopic (exact) mass is 312 g/mol. The lowest BCUT2D eigenvalue weighted by Crippen LogP contribution is -2.07. The fourth-order valence-electron chi connectivity index (χ4n) is 2.43. The first kappa shape index (κ1) is 13.4. The second-order valence-electron chi connectivity index (χ2n) is 4.73. The third-order valence-corrected chi connectivity index (χ3v) is 3.92. The van der Waals surface area contributed by atoms with Crippen LogP contribution in [-0.2, 0) is 0 Å². The molecule has 0 bridgehead atoms. The summed E-state index contributed by atoms with van der Waals surface area (Å²) < 4.78 is 6.37. The predicted molar refractivity (Wildman–Crippen MR) is 73.2 cm³/mol. The average Bonchev–Trinajstić information content (AvgIpc) is 2.84. The Balaban J connectivity index is 1.93. The molecule has 0 amide bonds. The number of carbonyl (C=O) groups is 1. The van der Waals surface area contributed by atoms with E-state index in [-0.39, 0.29) is 5.56 Å². The number of ether oxygens (including phenoxy) is 1. The van der Waals surface area contributed by atoms with Crippen molar-refractivity contribution in [2.75, 3.05) is 6.61 Å². The second kappa shape index (κ2) is 6.23. The highest BCUT2D eigenvalue weighted by Gasteiger charge is 2.16. The fraction of sp³-hybridized carbons (Fsp3) is 0.500. The van der Waals surface area contributed by atoms with E-state index < -0.39 is 5.97 Å². The quantitative estimate of drug-likeness (QED) is 0.890. The third kappa shape index (κ3) is 3.48. The van der Waals surface area contributed by atoms with Gasteiger partial charge in [0.2, 0.25) is 0 Å². The number of aromatic carboxylic acids is 1. The summed E-state index contributed by atoms with van der Waals surface area (Å²) >= 11 is 3.27. The van der Waals surface area contributed by atoms with E-state index in [1.165, 1.54) is 25.7 Å². The van der Waals surface area contributed by atoms with Crippen molar-refractivity contribution < 1.29 is 14.6 Å². The van der Waals surface area contributed by atoms with Crippen molar-refractivity contribution in [3.63, 3.8) is 0 Å². The minimum absolute atomic E-state index is 0.218. The van der Waals surface area contributed by atoms with Crippen LogP contribution in [0.25, 0.3) is 0 Å². The number of hydrogen-bond acceptors (Lipinski definition) is 2. The van der Waals surface area contributed by atoms with Crippen molar-refractivity contribution >= 4 is 21.9 Å². The summed E-state index contributed by atoms with van der Waals surface area (Å²) in [6.45, 7) is 0.604. The number of carboxylic acid groups (broad SMARTS) is 1. The summed E-state index contributed by atoms with van der Waals surface area (Å²) in [5, 5.41) is 9.10. The van der Waals surface area contributed by atoms with E-state index in [1.807, 2.05) is 0 Å². The largest absolute Gasteiger partial charge is 0.493 e. The molecule has 1 aromatic rings. The highest BCUT2D eigenvalue weighted by atomic mass is 79.9. The van der Waals surface area contributed by atoms with Crippen LogP contribution in [0.3, 0.4) is 0 Å². The van der Waals surface area contributed by atoms with Gasteiger partial charge in [-0.25, -0.2) is 4.79 Å². The van der Waals surface area contributed by atoms with Crippen LogP contribution in [0, 0.1) is 5.92 Å². The minimum Gasteiger partial charge on any atom is -0.493 e. The second-order valence-corrected chi connectivity index (χ2v) is 5.65. The predicted octanol–water partition coefficient (Wildman–Crippen LogP) is 4.11. The number of rotatable bonds is 5. The molecule has 0 unspecified atom stereocenters. The van der Waals surface area contributed by atoms with Gasteiger partial charge in [0.1, 0.15) is 11.3 Å². The van der Waals surface area contributed by atoms with Gasteiger partial charge in [0.15, 0.2) is 0 Å². The van der Waals surface area contributed by atoms with Crippen molar-refractivity contribution in [2.45, 2.75) is 32.1 Å². The maximum Gasteiger partial charge on any atom is 0.339 e. The topological polar surface area (TPSA) is 46.5 Å². The van der Waals surface area contributed by atoms with Crippen molar-refractivity contribution in [2.24, 2.45) is 5.92 Å². The maximum atomic E-state index is 11.1. The number of halogens is 1. The van der Waals surface area contributed by atoms with Gasteiger partial charge < -0.3 is 9.84 Å². The lowest BCUT2D eigenvalue weighted by molar-refractivity contribution is 0.0692. The Morgan fingerprint density at radius 1 is 1.39 bits per heavy atom. The Hall–Kier alpha value is -1.03. The van der Waals surface area contributed by atoms with E-state index in [1.54, 1.807) is 18.2 Å². The molecule has 0 atom stereocenters. The van der Waals surface area contributed by atoms with E-state index in [4.69, 9.17) is 9.84 Å². The van der Waals surface area contributed by atoms with Crippen LogP contribution in [-0.4, -0.2) is 17.7 Å². The van der Waals surface area contributed by atoms with E-state index in [0.29, 0.717) is 12.4 Å². The molecule has 0 radical (unpaired) electrons. The summed E-state index contributed by atoms with van der Waals surface area (Å²) in [5.74, 6) is 0.268. The molecular formula is C14H17BrO3. The molecule has 98 valence electrons. The van der Waals surface area contributed by atoms with Crippen LogP contribution >= 0.6 is 15.9 Å². The minimum atomic E-state index is -0.952. The van der Waals surface area contributed by atoms with Crippen molar-refractivity contribution in [1.82, 2.24) is 0 Å². The average molecular weight is 313 g/mol. The third-order valence-electron chi connectivity index (χ3n) is 3.43. The highest BCUT2D eigenvalue weighted by Crippen LogP contribution is 2.28. The summed E-state index contributed by atoms with van der Waals surface area (Å²) in [5.41, 5.74) is 0.218. The zero-order valence-corrected chi connectivity index (χ0v) is 11.8. The number of benzene rings is 1. The van der Waals surface area contributed by atoms with Gasteiger partial charge in [-0.05, 0) is 30.5 Å². The van der Waals surface area contributed by atoms with E-state index in [2.05, 4.69) is 15.9 Å². The Morgan fingerprint density at radius 3 is 2.78 bits per heavy atom. The van der Waals surface area contributed by atoms with Crippen LogP contribution in [0.2, 0.25) is 0 Å². The van der Waals surface area contributed by atoms with Gasteiger partial charge in [-0.3, -0.25) is 0 Å². The molecule has 1 aliphatic rings. The lowest BCUT2D eigenvalue weighted by atomic mass is 10.1. The molecule has 0 saturated heterocycles. The number of carboxylic acids is 1. The lowest BCUT2D eigenvalue weighted by Gasteiger charge is -2.12. The van der Waals surface area contributed by atoms with Crippen LogP contribution in [0.5, 0.6) is 5.75 Å². The van der Waals surface area contributed by atoms with Gasteiger partial charge in [0.05, 0.1) is 6.61 Å². The van der Waals surface area contributed by atoms with Gasteiger partial charge in [0, 0.05) is 4.47 Å². The van der Waals surface area contributed by atoms with Gasteiger partial charge in [-0.15, -0.1) is 0 Å². The molecule has 0 spiro atoms. The molecule has 1 N–H and O–H groups in total. The summed E-state index contributed by atoms with van der Waals surface area (Å²) in [6.07, 6.45) is 6.24. The van der Waals surface area contributed by atoms with Crippen LogP contribution in [0.1, 0.15) is 42.5 Å². The molecule has 1 saturated carbocycles. The molecule has 2 rings (SSSR count). The molecular weight excluding hydrogens is 296 g/mol. The Kier molecular flexibility index (Phi) is 4.64.